The van der Waals surface area contributed by atoms with E-state index in [1.54, 1.807) is 66.7 Å². The SMILES string of the molecule is Cc1ccc(S(=O)(=O)n2cc(/C=N/NC(=O)c3ccccc3N)c3ccccc32)cc1. The first-order chi connectivity index (χ1) is 14.9. The van der Waals surface area contributed by atoms with E-state index in [1.807, 2.05) is 13.0 Å². The van der Waals surface area contributed by atoms with Crippen LogP contribution in [0.5, 0.6) is 0 Å². The molecule has 1 amide bonds. The number of nitrogen functional groups attached to an aromatic ring is 1. The van der Waals surface area contributed by atoms with Crippen LogP contribution in [-0.4, -0.2) is 24.5 Å². The molecule has 0 fully saturated rings. The lowest BCUT2D eigenvalue weighted by molar-refractivity contribution is 0.0956. The Morgan fingerprint density at radius 1 is 1.00 bits per heavy atom. The molecule has 0 aliphatic rings. The fourth-order valence-electron chi connectivity index (χ4n) is 3.23. The van der Waals surface area contributed by atoms with Crippen LogP contribution >= 0.6 is 0 Å². The Bertz CT molecular complexity index is 1400. The summed E-state index contributed by atoms with van der Waals surface area (Å²) >= 11 is 0. The minimum Gasteiger partial charge on any atom is -0.398 e. The van der Waals surface area contributed by atoms with Crippen LogP contribution in [0.25, 0.3) is 10.9 Å². The highest BCUT2D eigenvalue weighted by Crippen LogP contribution is 2.25. The number of carbonyl (C=O) groups is 1. The summed E-state index contributed by atoms with van der Waals surface area (Å²) in [5, 5.41) is 4.69. The number of aromatic nitrogens is 1. The molecule has 31 heavy (non-hydrogen) atoms. The molecule has 3 N–H and O–H groups in total. The van der Waals surface area contributed by atoms with Crippen molar-refractivity contribution in [1.82, 2.24) is 9.40 Å². The number of hydrazone groups is 1. The predicted molar refractivity (Wildman–Crippen MR) is 122 cm³/mol. The van der Waals surface area contributed by atoms with Gasteiger partial charge in [0, 0.05) is 22.8 Å². The number of nitrogens with zero attached hydrogens (tertiary/aromatic N) is 2. The predicted octanol–water partition coefficient (Wildman–Crippen LogP) is 3.53. The van der Waals surface area contributed by atoms with Crippen molar-refractivity contribution in [1.29, 1.82) is 0 Å². The minimum absolute atomic E-state index is 0.190. The van der Waals surface area contributed by atoms with Gasteiger partial charge in [-0.3, -0.25) is 4.79 Å². The van der Waals surface area contributed by atoms with Crippen molar-refractivity contribution in [3.63, 3.8) is 0 Å². The molecule has 0 unspecified atom stereocenters. The van der Waals surface area contributed by atoms with E-state index in [0.717, 1.165) is 5.56 Å². The molecule has 0 aliphatic heterocycles. The van der Waals surface area contributed by atoms with Crippen molar-refractivity contribution in [2.75, 3.05) is 5.73 Å². The summed E-state index contributed by atoms with van der Waals surface area (Å²) in [4.78, 5) is 12.5. The Kier molecular flexibility index (Phi) is 5.31. The number of nitrogens with one attached hydrogen (secondary N) is 1. The highest BCUT2D eigenvalue weighted by molar-refractivity contribution is 7.90. The first-order valence-electron chi connectivity index (χ1n) is 9.48. The molecule has 0 saturated heterocycles. The molecule has 7 nitrogen and oxygen atoms in total. The third-order valence-electron chi connectivity index (χ3n) is 4.86. The second-order valence-electron chi connectivity index (χ2n) is 7.00. The van der Waals surface area contributed by atoms with Crippen molar-refractivity contribution in [3.8, 4) is 0 Å². The summed E-state index contributed by atoms with van der Waals surface area (Å²) in [6.45, 7) is 1.90. The maximum Gasteiger partial charge on any atom is 0.273 e. The van der Waals surface area contributed by atoms with Gasteiger partial charge in [0.05, 0.1) is 22.2 Å². The molecule has 0 aliphatic carbocycles. The molecule has 8 heteroatoms. The zero-order chi connectivity index (χ0) is 22.0. The molecule has 1 heterocycles. The number of para-hydroxylation sites is 2. The van der Waals surface area contributed by atoms with Crippen LogP contribution < -0.4 is 11.2 Å². The van der Waals surface area contributed by atoms with E-state index in [0.29, 0.717) is 27.7 Å². The van der Waals surface area contributed by atoms with Crippen LogP contribution in [0.3, 0.4) is 0 Å². The summed E-state index contributed by atoms with van der Waals surface area (Å²) in [7, 11) is -3.80. The van der Waals surface area contributed by atoms with Crippen LogP contribution in [0.15, 0.2) is 89.0 Å². The molecule has 156 valence electrons. The second-order valence-corrected chi connectivity index (χ2v) is 8.82. The Morgan fingerprint density at radius 3 is 2.42 bits per heavy atom. The largest absolute Gasteiger partial charge is 0.398 e. The number of hydrogen-bond donors (Lipinski definition) is 2. The number of aryl methyl sites for hydroxylation is 1. The number of hydrogen-bond acceptors (Lipinski definition) is 5. The second kappa shape index (κ2) is 8.08. The maximum atomic E-state index is 13.2. The molecule has 0 bridgehead atoms. The topological polar surface area (TPSA) is 107 Å². The van der Waals surface area contributed by atoms with E-state index < -0.39 is 15.9 Å². The fourth-order valence-corrected chi connectivity index (χ4v) is 4.60. The van der Waals surface area contributed by atoms with Crippen molar-refractivity contribution in [2.45, 2.75) is 11.8 Å². The van der Waals surface area contributed by atoms with Crippen LogP contribution in [0.2, 0.25) is 0 Å². The minimum atomic E-state index is -3.80. The highest BCUT2D eigenvalue weighted by Gasteiger charge is 2.20. The molecule has 0 atom stereocenters. The first kappa shape index (κ1) is 20.4. The van der Waals surface area contributed by atoms with Gasteiger partial charge < -0.3 is 5.73 Å². The van der Waals surface area contributed by atoms with Gasteiger partial charge in [0.1, 0.15) is 0 Å². The zero-order valence-electron chi connectivity index (χ0n) is 16.7. The molecule has 0 spiro atoms. The number of fused-ring (bicyclic) bond motifs is 1. The maximum absolute atomic E-state index is 13.2. The standard InChI is InChI=1S/C23H20N4O3S/c1-16-10-12-18(13-11-16)31(29,30)27-15-17(19-6-3-5-9-22(19)27)14-25-26-23(28)20-7-2-4-8-21(20)24/h2-15H,24H2,1H3,(H,26,28)/b25-14+. The van der Waals surface area contributed by atoms with E-state index in [-0.39, 0.29) is 4.90 Å². The van der Waals surface area contributed by atoms with Gasteiger partial charge in [0.2, 0.25) is 0 Å². The van der Waals surface area contributed by atoms with E-state index in [4.69, 9.17) is 5.73 Å². The summed E-state index contributed by atoms with van der Waals surface area (Å²) in [5.74, 6) is -0.453. The average Bonchev–Trinajstić information content (AvgIpc) is 3.14. The number of carbonyl (C=O) groups excluding carboxylic acids is 1. The van der Waals surface area contributed by atoms with Gasteiger partial charge in [-0.15, -0.1) is 0 Å². The molecular weight excluding hydrogens is 412 g/mol. The number of anilines is 1. The third kappa shape index (κ3) is 3.93. The van der Waals surface area contributed by atoms with Gasteiger partial charge in [0.25, 0.3) is 15.9 Å². The molecule has 0 radical (unpaired) electrons. The van der Waals surface area contributed by atoms with Crippen LogP contribution in [0, 0.1) is 6.92 Å². The molecule has 4 rings (SSSR count). The highest BCUT2D eigenvalue weighted by atomic mass is 32.2. The van der Waals surface area contributed by atoms with Crippen molar-refractivity contribution in [2.24, 2.45) is 5.10 Å². The van der Waals surface area contributed by atoms with Gasteiger partial charge in [0.15, 0.2) is 0 Å². The Labute approximate surface area is 179 Å². The molecule has 3 aromatic carbocycles. The van der Waals surface area contributed by atoms with Crippen LogP contribution in [-0.2, 0) is 10.0 Å². The Morgan fingerprint density at radius 2 is 1.68 bits per heavy atom. The fraction of sp³-hybridized carbons (Fsp3) is 0.0435. The van der Waals surface area contributed by atoms with Crippen molar-refractivity contribution >= 4 is 38.7 Å². The Balaban J connectivity index is 1.69. The number of benzene rings is 3. The average molecular weight is 433 g/mol. The lowest BCUT2D eigenvalue weighted by Gasteiger charge is -2.07. The molecule has 1 aromatic heterocycles. The monoisotopic (exact) mass is 432 g/mol. The van der Waals surface area contributed by atoms with Gasteiger partial charge in [-0.25, -0.2) is 17.8 Å². The lowest BCUT2D eigenvalue weighted by atomic mass is 10.2. The first-order valence-corrected chi connectivity index (χ1v) is 10.9. The van der Waals surface area contributed by atoms with E-state index in [2.05, 4.69) is 10.5 Å². The molecule has 0 saturated carbocycles. The zero-order valence-corrected chi connectivity index (χ0v) is 17.5. The van der Waals surface area contributed by atoms with Gasteiger partial charge in [-0.05, 0) is 37.3 Å². The van der Waals surface area contributed by atoms with E-state index in [9.17, 15) is 13.2 Å². The summed E-state index contributed by atoms with van der Waals surface area (Å²) < 4.78 is 27.7. The van der Waals surface area contributed by atoms with E-state index >= 15 is 0 Å². The number of nitrogens with two attached hydrogens (primary N) is 1. The smallest absolute Gasteiger partial charge is 0.273 e. The quantitative estimate of drug-likeness (QED) is 0.286. The van der Waals surface area contributed by atoms with Crippen LogP contribution in [0.4, 0.5) is 5.69 Å². The number of amides is 1. The normalized spacial score (nSPS) is 11.8. The lowest BCUT2D eigenvalue weighted by Crippen LogP contribution is -2.19. The summed E-state index contributed by atoms with van der Waals surface area (Å²) in [6, 6.07) is 20.4. The van der Waals surface area contributed by atoms with E-state index in [1.165, 1.54) is 16.4 Å². The molecular formula is C23H20N4O3S. The van der Waals surface area contributed by atoms with Crippen molar-refractivity contribution < 1.29 is 13.2 Å². The van der Waals surface area contributed by atoms with Crippen molar-refractivity contribution in [3.05, 3.63) is 95.7 Å². The van der Waals surface area contributed by atoms with Gasteiger partial charge in [-0.1, -0.05) is 48.0 Å². The van der Waals surface area contributed by atoms with Gasteiger partial charge >= 0.3 is 0 Å². The molecule has 4 aromatic rings. The third-order valence-corrected chi connectivity index (χ3v) is 6.55. The Hall–Kier alpha value is -3.91. The number of rotatable bonds is 5. The van der Waals surface area contributed by atoms with Gasteiger partial charge in [-0.2, -0.15) is 5.10 Å². The summed E-state index contributed by atoms with van der Waals surface area (Å²) in [6.07, 6.45) is 2.91. The van der Waals surface area contributed by atoms with Crippen LogP contribution in [0.1, 0.15) is 21.5 Å². The summed E-state index contributed by atoms with van der Waals surface area (Å²) in [5.41, 5.74) is 10.9.